The quantitative estimate of drug-likeness (QED) is 0.533. The average molecular weight is 306 g/mol. The van der Waals surface area contributed by atoms with Crippen molar-refractivity contribution < 1.29 is 28.3 Å². The van der Waals surface area contributed by atoms with Gasteiger partial charge in [-0.15, -0.1) is 0 Å². The Balaban J connectivity index is 1.90. The van der Waals surface area contributed by atoms with Crippen molar-refractivity contribution in [2.45, 2.75) is 24.5 Å². The fourth-order valence-corrected chi connectivity index (χ4v) is 3.15. The van der Waals surface area contributed by atoms with Crippen LogP contribution in [0.3, 0.4) is 0 Å². The standard InChI is InChI=1S/C9H12N3O7P/c10-5-1-2-12(9(14)11-5)8-6(13)7-4(18-8)3-17-20(15,16)19-7/h1-2,4,6-8,13H,3H2,(H,15,16)(H2,10,11,14)/t4-,6-,7-,8-/m1/s1/i20+1. The Hall–Kier alpha value is -1.29. The van der Waals surface area contributed by atoms with Gasteiger partial charge in [0.2, 0.25) is 0 Å². The van der Waals surface area contributed by atoms with E-state index in [9.17, 15) is 19.4 Å². The molecule has 3 rings (SSSR count). The van der Waals surface area contributed by atoms with Crippen LogP contribution < -0.4 is 11.4 Å². The van der Waals surface area contributed by atoms with Crippen molar-refractivity contribution in [3.05, 3.63) is 22.7 Å². The Kier molecular flexibility index (Phi) is 3.16. The van der Waals surface area contributed by atoms with Crippen molar-refractivity contribution in [2.24, 2.45) is 0 Å². The molecule has 2 aliphatic heterocycles. The first kappa shape index (κ1) is 13.7. The molecule has 2 fully saturated rings. The molecule has 0 spiro atoms. The molecule has 2 aliphatic rings. The number of aliphatic hydroxyl groups excluding tert-OH is 1. The molecule has 0 aromatic carbocycles. The molecule has 10 nitrogen and oxygen atoms in total. The van der Waals surface area contributed by atoms with Crippen LogP contribution in [-0.2, 0) is 18.3 Å². The monoisotopic (exact) mass is 306 g/mol. The van der Waals surface area contributed by atoms with Crippen molar-refractivity contribution in [1.29, 1.82) is 0 Å². The summed E-state index contributed by atoms with van der Waals surface area (Å²) in [5, 5.41) is 10.1. The number of phosphoric acid groups is 1. The van der Waals surface area contributed by atoms with Gasteiger partial charge >= 0.3 is 13.5 Å². The average Bonchev–Trinajstić information content (AvgIpc) is 2.66. The van der Waals surface area contributed by atoms with Crippen molar-refractivity contribution in [3.8, 4) is 0 Å². The number of nitrogens with zero attached hydrogens (tertiary/aromatic N) is 2. The van der Waals surface area contributed by atoms with Gasteiger partial charge in [0.25, 0.3) is 0 Å². The molecule has 0 saturated carbocycles. The number of aromatic nitrogens is 2. The van der Waals surface area contributed by atoms with Gasteiger partial charge in [-0.05, 0) is 6.07 Å². The third-order valence-electron chi connectivity index (χ3n) is 3.09. The number of nitrogen functional groups attached to an aromatic ring is 1. The lowest BCUT2D eigenvalue weighted by atomic mass is 10.1. The Bertz CT molecular complexity index is 634. The van der Waals surface area contributed by atoms with E-state index in [1.165, 1.54) is 12.3 Å². The van der Waals surface area contributed by atoms with E-state index in [1.807, 2.05) is 0 Å². The summed E-state index contributed by atoms with van der Waals surface area (Å²) in [6.07, 6.45) is -2.91. The Morgan fingerprint density at radius 2 is 2.30 bits per heavy atom. The number of nitrogens with two attached hydrogens (primary N) is 1. The fraction of sp³-hybridized carbons (Fsp3) is 0.556. The number of anilines is 1. The lowest BCUT2D eigenvalue weighted by molar-refractivity contribution is -0.0685. The largest absolute Gasteiger partial charge is 0.472 e. The second-order valence-electron chi connectivity index (χ2n) is 4.43. The van der Waals surface area contributed by atoms with E-state index >= 15 is 0 Å². The molecule has 0 bridgehead atoms. The van der Waals surface area contributed by atoms with Crippen LogP contribution in [0.1, 0.15) is 6.23 Å². The van der Waals surface area contributed by atoms with E-state index in [4.69, 9.17) is 15.0 Å². The minimum Gasteiger partial charge on any atom is -0.386 e. The van der Waals surface area contributed by atoms with Crippen LogP contribution in [0.2, 0.25) is 0 Å². The van der Waals surface area contributed by atoms with Crippen LogP contribution in [0.4, 0.5) is 5.82 Å². The summed E-state index contributed by atoms with van der Waals surface area (Å²) in [6.45, 7) is -0.219. The summed E-state index contributed by atoms with van der Waals surface area (Å²) >= 11 is 0. The Morgan fingerprint density at radius 3 is 3.00 bits per heavy atom. The maximum absolute atomic E-state index is 11.7. The SMILES string of the molecule is Nc1ccn([C@@H]2O[C@@H]3CO[32P](=O)(O)O[C@H]3[C@H]2O)c(=O)n1. The van der Waals surface area contributed by atoms with E-state index in [0.29, 0.717) is 0 Å². The van der Waals surface area contributed by atoms with Gasteiger partial charge in [-0.3, -0.25) is 13.6 Å². The molecule has 4 N–H and O–H groups in total. The fourth-order valence-electron chi connectivity index (χ4n) is 2.19. The number of hydrogen-bond donors (Lipinski definition) is 3. The molecule has 110 valence electrons. The summed E-state index contributed by atoms with van der Waals surface area (Å²) in [7, 11) is -4.19. The summed E-state index contributed by atoms with van der Waals surface area (Å²) in [4.78, 5) is 24.5. The second-order valence-corrected chi connectivity index (χ2v) is 5.84. The molecule has 1 unspecified atom stereocenters. The summed E-state index contributed by atoms with van der Waals surface area (Å²) in [6, 6.07) is 1.37. The van der Waals surface area contributed by atoms with Crippen LogP contribution in [0, 0.1) is 0 Å². The smallest absolute Gasteiger partial charge is 0.386 e. The maximum atomic E-state index is 11.7. The molecular formula is C9H12N3O7P. The normalized spacial score (nSPS) is 40.5. The highest BCUT2D eigenvalue weighted by molar-refractivity contribution is 7.47. The zero-order valence-corrected chi connectivity index (χ0v) is 10.9. The van der Waals surface area contributed by atoms with Gasteiger partial charge in [-0.1, -0.05) is 0 Å². The van der Waals surface area contributed by atoms with Gasteiger partial charge in [0.05, 0.1) is 6.61 Å². The van der Waals surface area contributed by atoms with Crippen LogP contribution >= 0.6 is 7.82 Å². The molecule has 11 heteroatoms. The van der Waals surface area contributed by atoms with E-state index in [1.54, 1.807) is 0 Å². The first-order valence-electron chi connectivity index (χ1n) is 5.71. The molecule has 5 atom stereocenters. The molecule has 20 heavy (non-hydrogen) atoms. The number of rotatable bonds is 1. The maximum Gasteiger partial charge on any atom is 0.472 e. The third kappa shape index (κ3) is 2.26. The molecular weight excluding hydrogens is 294 g/mol. The molecule has 0 aliphatic carbocycles. The highest BCUT2D eigenvalue weighted by Crippen LogP contribution is 2.52. The minimum absolute atomic E-state index is 0.0376. The van der Waals surface area contributed by atoms with Crippen LogP contribution in [0.15, 0.2) is 17.1 Å². The first-order valence-corrected chi connectivity index (χ1v) is 7.21. The Morgan fingerprint density at radius 1 is 1.55 bits per heavy atom. The molecule has 0 amide bonds. The molecule has 1 aromatic rings. The van der Waals surface area contributed by atoms with Gasteiger partial charge in [-0.2, -0.15) is 4.98 Å². The summed E-state index contributed by atoms with van der Waals surface area (Å²) in [5.74, 6) is 0.0376. The number of fused-ring (bicyclic) bond motifs is 1. The summed E-state index contributed by atoms with van der Waals surface area (Å²) < 4.78 is 27.2. The minimum atomic E-state index is -4.19. The topological polar surface area (TPSA) is 146 Å². The van der Waals surface area contributed by atoms with E-state index in [2.05, 4.69) is 9.51 Å². The van der Waals surface area contributed by atoms with Gasteiger partial charge in [0.1, 0.15) is 24.1 Å². The van der Waals surface area contributed by atoms with Gasteiger partial charge in [0, 0.05) is 6.20 Å². The molecule has 2 saturated heterocycles. The van der Waals surface area contributed by atoms with Crippen LogP contribution in [0.25, 0.3) is 0 Å². The lowest BCUT2D eigenvalue weighted by Gasteiger charge is -2.27. The lowest BCUT2D eigenvalue weighted by Crippen LogP contribution is -2.40. The van der Waals surface area contributed by atoms with Crippen LogP contribution in [-0.4, -0.2) is 44.5 Å². The Labute approximate surface area is 112 Å². The summed E-state index contributed by atoms with van der Waals surface area (Å²) in [5.41, 5.74) is 4.66. The highest BCUT2D eigenvalue weighted by Gasteiger charge is 2.52. The number of hydrogen-bond acceptors (Lipinski definition) is 8. The predicted molar refractivity (Wildman–Crippen MR) is 63.5 cm³/mol. The second kappa shape index (κ2) is 4.62. The third-order valence-corrected chi connectivity index (χ3v) is 4.08. The van der Waals surface area contributed by atoms with Crippen LogP contribution in [0.5, 0.6) is 0 Å². The van der Waals surface area contributed by atoms with Crippen molar-refractivity contribution in [2.75, 3.05) is 12.3 Å². The molecule has 3 heterocycles. The van der Waals surface area contributed by atoms with Crippen molar-refractivity contribution in [3.63, 3.8) is 0 Å². The van der Waals surface area contributed by atoms with E-state index in [0.717, 1.165) is 4.57 Å². The number of ether oxygens (including phenoxy) is 1. The van der Waals surface area contributed by atoms with E-state index in [-0.39, 0.29) is 12.4 Å². The highest BCUT2D eigenvalue weighted by atomic mass is 32.2. The predicted octanol–water partition coefficient (Wildman–Crippen LogP) is -1.40. The molecule has 1 aromatic heterocycles. The van der Waals surface area contributed by atoms with Crippen molar-refractivity contribution in [1.82, 2.24) is 9.55 Å². The first-order chi connectivity index (χ1) is 9.37. The molecule has 0 radical (unpaired) electrons. The van der Waals surface area contributed by atoms with Gasteiger partial charge in [-0.25, -0.2) is 9.36 Å². The van der Waals surface area contributed by atoms with E-state index < -0.39 is 38.1 Å². The van der Waals surface area contributed by atoms with Crippen molar-refractivity contribution >= 4 is 13.6 Å². The number of phosphoric ester groups is 1. The van der Waals surface area contributed by atoms with Gasteiger partial charge < -0.3 is 20.5 Å². The zero-order valence-electron chi connectivity index (χ0n) is 10.0. The number of aliphatic hydroxyl groups is 1. The van der Waals surface area contributed by atoms with Gasteiger partial charge in [0.15, 0.2) is 6.23 Å². The zero-order chi connectivity index (χ0) is 14.5.